The standard InChI is InChI=1S/C28H25N3O7S/c1-36-21-11-9-20(10-12-21)29-25(32)16-31-27(34)24(39-28(31)35)15-18-8-13-22(23(14-18)37-2)38-17-26(33)30-19-6-4-3-5-7-19/h3-15H,16-17H2,1-2H3,(H,29,32)(H,30,33)/b24-15-. The zero-order chi connectivity index (χ0) is 27.8. The van der Waals surface area contributed by atoms with Crippen LogP contribution in [-0.4, -0.2) is 55.2 Å². The van der Waals surface area contributed by atoms with Gasteiger partial charge in [0.05, 0.1) is 19.1 Å². The maximum absolute atomic E-state index is 12.9. The van der Waals surface area contributed by atoms with Gasteiger partial charge >= 0.3 is 0 Å². The number of carbonyl (C=O) groups is 4. The fourth-order valence-corrected chi connectivity index (χ4v) is 4.40. The fourth-order valence-electron chi connectivity index (χ4n) is 3.56. The minimum atomic E-state index is -0.577. The number of para-hydroxylation sites is 1. The second kappa shape index (κ2) is 12.7. The van der Waals surface area contributed by atoms with Gasteiger partial charge < -0.3 is 24.8 Å². The van der Waals surface area contributed by atoms with E-state index >= 15 is 0 Å². The van der Waals surface area contributed by atoms with Gasteiger partial charge in [0, 0.05) is 11.4 Å². The second-order valence-electron chi connectivity index (χ2n) is 8.16. The Hall–Kier alpha value is -4.77. The molecule has 0 bridgehead atoms. The van der Waals surface area contributed by atoms with E-state index in [1.165, 1.54) is 20.3 Å². The number of methoxy groups -OCH3 is 2. The van der Waals surface area contributed by atoms with Crippen LogP contribution in [0.3, 0.4) is 0 Å². The summed E-state index contributed by atoms with van der Waals surface area (Å²) < 4.78 is 16.1. The molecule has 3 aromatic carbocycles. The Kier molecular flexibility index (Phi) is 8.85. The third-order valence-corrected chi connectivity index (χ3v) is 6.36. The first kappa shape index (κ1) is 27.3. The molecule has 4 rings (SSSR count). The average Bonchev–Trinajstić information content (AvgIpc) is 3.20. The third kappa shape index (κ3) is 7.17. The van der Waals surface area contributed by atoms with Crippen molar-refractivity contribution in [2.75, 3.05) is 38.0 Å². The lowest BCUT2D eigenvalue weighted by Gasteiger charge is -2.13. The van der Waals surface area contributed by atoms with Crippen molar-refractivity contribution < 1.29 is 33.4 Å². The first-order valence-corrected chi connectivity index (χ1v) is 12.5. The van der Waals surface area contributed by atoms with Gasteiger partial charge in [-0.2, -0.15) is 0 Å². The second-order valence-corrected chi connectivity index (χ2v) is 9.15. The predicted octanol–water partition coefficient (Wildman–Crippen LogP) is 4.40. The Balaban J connectivity index is 1.37. The van der Waals surface area contributed by atoms with Crippen LogP contribution in [-0.2, 0) is 14.4 Å². The molecule has 1 fully saturated rings. The van der Waals surface area contributed by atoms with Gasteiger partial charge in [0.15, 0.2) is 18.1 Å². The number of hydrogen-bond acceptors (Lipinski definition) is 8. The zero-order valence-corrected chi connectivity index (χ0v) is 21.9. The molecule has 4 amide bonds. The van der Waals surface area contributed by atoms with E-state index in [-0.39, 0.29) is 17.4 Å². The van der Waals surface area contributed by atoms with Gasteiger partial charge in [-0.25, -0.2) is 0 Å². The lowest BCUT2D eigenvalue weighted by molar-refractivity contribution is -0.127. The Bertz CT molecular complexity index is 1410. The Labute approximate surface area is 228 Å². The van der Waals surface area contributed by atoms with Crippen molar-refractivity contribution in [2.45, 2.75) is 0 Å². The smallest absolute Gasteiger partial charge is 0.294 e. The summed E-state index contributed by atoms with van der Waals surface area (Å²) >= 11 is 0.740. The summed E-state index contributed by atoms with van der Waals surface area (Å²) in [6.07, 6.45) is 1.53. The molecule has 1 heterocycles. The largest absolute Gasteiger partial charge is 0.497 e. The monoisotopic (exact) mass is 547 g/mol. The van der Waals surface area contributed by atoms with Crippen LogP contribution in [0.25, 0.3) is 6.08 Å². The Morgan fingerprint density at radius 2 is 1.54 bits per heavy atom. The molecule has 0 radical (unpaired) electrons. The molecule has 200 valence electrons. The van der Waals surface area contributed by atoms with E-state index in [0.717, 1.165) is 16.7 Å². The molecule has 1 aliphatic rings. The molecule has 0 unspecified atom stereocenters. The van der Waals surface area contributed by atoms with E-state index < -0.39 is 23.6 Å². The summed E-state index contributed by atoms with van der Waals surface area (Å²) in [5.74, 6) is -0.114. The van der Waals surface area contributed by atoms with Crippen LogP contribution in [0.4, 0.5) is 16.2 Å². The van der Waals surface area contributed by atoms with Gasteiger partial charge in [0.2, 0.25) is 5.91 Å². The van der Waals surface area contributed by atoms with Crippen LogP contribution >= 0.6 is 11.8 Å². The number of nitrogens with zero attached hydrogens (tertiary/aromatic N) is 1. The van der Waals surface area contributed by atoms with Crippen molar-refractivity contribution in [1.29, 1.82) is 0 Å². The highest BCUT2D eigenvalue weighted by molar-refractivity contribution is 8.18. The van der Waals surface area contributed by atoms with Crippen LogP contribution in [0.5, 0.6) is 17.2 Å². The van der Waals surface area contributed by atoms with Crippen molar-refractivity contribution in [1.82, 2.24) is 4.90 Å². The van der Waals surface area contributed by atoms with Gasteiger partial charge in [0.1, 0.15) is 12.3 Å². The van der Waals surface area contributed by atoms with E-state index in [9.17, 15) is 19.2 Å². The number of rotatable bonds is 10. The predicted molar refractivity (Wildman–Crippen MR) is 148 cm³/mol. The minimum absolute atomic E-state index is 0.162. The van der Waals surface area contributed by atoms with Gasteiger partial charge in [-0.1, -0.05) is 24.3 Å². The maximum atomic E-state index is 12.9. The number of imide groups is 1. The van der Waals surface area contributed by atoms with Crippen LogP contribution in [0.1, 0.15) is 5.56 Å². The molecule has 0 aromatic heterocycles. The number of carbonyl (C=O) groups excluding carboxylic acids is 4. The molecule has 1 saturated heterocycles. The summed E-state index contributed by atoms with van der Waals surface area (Å²) in [7, 11) is 2.98. The number of benzene rings is 3. The third-order valence-electron chi connectivity index (χ3n) is 5.45. The SMILES string of the molecule is COc1ccc(NC(=O)CN2C(=O)S/C(=C\c3ccc(OCC(=O)Nc4ccccc4)c(OC)c3)C2=O)cc1. The van der Waals surface area contributed by atoms with Crippen molar-refractivity contribution >= 4 is 52.2 Å². The fraction of sp³-hybridized carbons (Fsp3) is 0.143. The average molecular weight is 548 g/mol. The summed E-state index contributed by atoms with van der Waals surface area (Å²) in [6, 6.07) is 20.6. The van der Waals surface area contributed by atoms with Gasteiger partial charge in [-0.15, -0.1) is 0 Å². The first-order valence-electron chi connectivity index (χ1n) is 11.7. The van der Waals surface area contributed by atoms with Gasteiger partial charge in [-0.05, 0) is 71.9 Å². The molecular formula is C28H25N3O7S. The van der Waals surface area contributed by atoms with Crippen molar-refractivity contribution in [3.8, 4) is 17.2 Å². The van der Waals surface area contributed by atoms with Gasteiger partial charge in [0.25, 0.3) is 17.1 Å². The molecule has 0 spiro atoms. The molecule has 0 atom stereocenters. The van der Waals surface area contributed by atoms with Crippen LogP contribution in [0.15, 0.2) is 77.7 Å². The number of amides is 4. The maximum Gasteiger partial charge on any atom is 0.294 e. The lowest BCUT2D eigenvalue weighted by Crippen LogP contribution is -2.36. The number of anilines is 2. The first-order chi connectivity index (χ1) is 18.9. The highest BCUT2D eigenvalue weighted by atomic mass is 32.2. The highest BCUT2D eigenvalue weighted by Gasteiger charge is 2.36. The van der Waals surface area contributed by atoms with Crippen molar-refractivity contribution in [3.05, 3.63) is 83.3 Å². The molecule has 2 N–H and O–H groups in total. The van der Waals surface area contributed by atoms with E-state index in [0.29, 0.717) is 34.2 Å². The van der Waals surface area contributed by atoms with E-state index in [1.54, 1.807) is 54.6 Å². The molecular weight excluding hydrogens is 522 g/mol. The van der Waals surface area contributed by atoms with Crippen LogP contribution in [0.2, 0.25) is 0 Å². The number of thioether (sulfide) groups is 1. The Morgan fingerprint density at radius 1 is 0.846 bits per heavy atom. The topological polar surface area (TPSA) is 123 Å². The Morgan fingerprint density at radius 3 is 2.23 bits per heavy atom. The van der Waals surface area contributed by atoms with Crippen LogP contribution in [0, 0.1) is 0 Å². The van der Waals surface area contributed by atoms with E-state index in [2.05, 4.69) is 10.6 Å². The lowest BCUT2D eigenvalue weighted by atomic mass is 10.2. The molecule has 0 aliphatic carbocycles. The number of hydrogen-bond donors (Lipinski definition) is 2. The van der Waals surface area contributed by atoms with Crippen molar-refractivity contribution in [3.63, 3.8) is 0 Å². The molecule has 0 saturated carbocycles. The summed E-state index contributed by atoms with van der Waals surface area (Å²) in [5, 5.41) is 4.83. The zero-order valence-electron chi connectivity index (χ0n) is 21.1. The molecule has 11 heteroatoms. The van der Waals surface area contributed by atoms with Crippen molar-refractivity contribution in [2.24, 2.45) is 0 Å². The molecule has 3 aromatic rings. The minimum Gasteiger partial charge on any atom is -0.497 e. The summed E-state index contributed by atoms with van der Waals surface area (Å²) in [4.78, 5) is 51.0. The van der Waals surface area contributed by atoms with Crippen LogP contribution < -0.4 is 24.8 Å². The number of ether oxygens (including phenoxy) is 3. The van der Waals surface area contributed by atoms with E-state index in [4.69, 9.17) is 14.2 Å². The molecule has 39 heavy (non-hydrogen) atoms. The molecule has 1 aliphatic heterocycles. The highest BCUT2D eigenvalue weighted by Crippen LogP contribution is 2.34. The van der Waals surface area contributed by atoms with Gasteiger partial charge in [-0.3, -0.25) is 24.1 Å². The summed E-state index contributed by atoms with van der Waals surface area (Å²) in [6.45, 7) is -0.655. The quantitative estimate of drug-likeness (QED) is 0.358. The number of nitrogens with one attached hydrogen (secondary N) is 2. The van der Waals surface area contributed by atoms with E-state index in [1.807, 2.05) is 18.2 Å². The summed E-state index contributed by atoms with van der Waals surface area (Å²) in [5.41, 5.74) is 1.73. The normalized spacial score (nSPS) is 13.8. The molecule has 10 nitrogen and oxygen atoms in total.